The lowest BCUT2D eigenvalue weighted by Crippen LogP contribution is -2.15. The number of aromatic nitrogens is 3. The Bertz CT molecular complexity index is 434. The van der Waals surface area contributed by atoms with Gasteiger partial charge >= 0.3 is 5.97 Å². The van der Waals surface area contributed by atoms with Gasteiger partial charge in [0.25, 0.3) is 0 Å². The third-order valence-corrected chi connectivity index (χ3v) is 2.14. The molecule has 0 unspecified atom stereocenters. The van der Waals surface area contributed by atoms with Crippen LogP contribution in [-0.2, 0) is 9.59 Å². The van der Waals surface area contributed by atoms with E-state index in [1.807, 2.05) is 0 Å². The molecule has 0 atom stereocenters. The first-order chi connectivity index (χ1) is 7.99. The molecule has 92 valence electrons. The zero-order chi connectivity index (χ0) is 12.8. The van der Waals surface area contributed by atoms with E-state index in [0.29, 0.717) is 17.8 Å². The van der Waals surface area contributed by atoms with Gasteiger partial charge < -0.3 is 5.11 Å². The molecule has 1 aromatic rings. The molecule has 1 rings (SSSR count). The summed E-state index contributed by atoms with van der Waals surface area (Å²) in [6, 6.07) is 0. The smallest absolute Gasteiger partial charge is 0.303 e. The maximum atomic E-state index is 11.4. The second-order valence-electron chi connectivity index (χ2n) is 3.60. The minimum Gasteiger partial charge on any atom is -0.481 e. The highest BCUT2D eigenvalue weighted by atomic mass is 16.4. The number of aliphatic carboxylic acids is 1. The molecule has 1 heterocycles. The van der Waals surface area contributed by atoms with Gasteiger partial charge in [-0.05, 0) is 20.3 Å². The van der Waals surface area contributed by atoms with Crippen molar-refractivity contribution in [3.8, 4) is 0 Å². The second kappa shape index (κ2) is 5.88. The van der Waals surface area contributed by atoms with Crippen LogP contribution in [0.4, 0.5) is 5.95 Å². The van der Waals surface area contributed by atoms with Crippen molar-refractivity contribution < 1.29 is 14.7 Å². The molecular formula is C10H14N4O3. The fourth-order valence-corrected chi connectivity index (χ4v) is 1.10. The fourth-order valence-electron chi connectivity index (χ4n) is 1.10. The number of nitrogens with one attached hydrogen (secondary N) is 1. The highest BCUT2D eigenvalue weighted by Gasteiger charge is 2.07. The van der Waals surface area contributed by atoms with Gasteiger partial charge in [0.05, 0.1) is 11.4 Å². The molecule has 17 heavy (non-hydrogen) atoms. The molecule has 0 aromatic carbocycles. The molecule has 0 radical (unpaired) electrons. The summed E-state index contributed by atoms with van der Waals surface area (Å²) in [5, 5.41) is 18.4. The number of nitrogens with zero attached hydrogens (tertiary/aromatic N) is 3. The number of hydrogen-bond acceptors (Lipinski definition) is 5. The van der Waals surface area contributed by atoms with Crippen LogP contribution in [0.1, 0.15) is 30.7 Å². The Balaban J connectivity index is 2.45. The van der Waals surface area contributed by atoms with E-state index in [-0.39, 0.29) is 24.7 Å². The van der Waals surface area contributed by atoms with Crippen molar-refractivity contribution in [2.75, 3.05) is 5.32 Å². The van der Waals surface area contributed by atoms with Gasteiger partial charge in [0.15, 0.2) is 0 Å². The van der Waals surface area contributed by atoms with Crippen LogP contribution in [0.5, 0.6) is 0 Å². The Morgan fingerprint density at radius 1 is 1.18 bits per heavy atom. The van der Waals surface area contributed by atoms with Crippen LogP contribution in [0.2, 0.25) is 0 Å². The summed E-state index contributed by atoms with van der Waals surface area (Å²) in [5.41, 5.74) is 1.40. The SMILES string of the molecule is Cc1nnc(NC(=O)CCCC(=O)O)nc1C. The lowest BCUT2D eigenvalue weighted by Gasteiger charge is -2.03. The molecule has 1 amide bonds. The number of aryl methyl sites for hydroxylation is 2. The Morgan fingerprint density at radius 2 is 1.88 bits per heavy atom. The summed E-state index contributed by atoms with van der Waals surface area (Å²) in [4.78, 5) is 25.7. The summed E-state index contributed by atoms with van der Waals surface area (Å²) in [6.45, 7) is 3.54. The predicted molar refractivity (Wildman–Crippen MR) is 59.4 cm³/mol. The van der Waals surface area contributed by atoms with Gasteiger partial charge in [-0.15, -0.1) is 5.10 Å². The topological polar surface area (TPSA) is 105 Å². The Morgan fingerprint density at radius 3 is 2.47 bits per heavy atom. The lowest BCUT2D eigenvalue weighted by molar-refractivity contribution is -0.137. The van der Waals surface area contributed by atoms with Crippen LogP contribution in [0, 0.1) is 13.8 Å². The van der Waals surface area contributed by atoms with Crippen molar-refractivity contribution in [3.63, 3.8) is 0 Å². The van der Waals surface area contributed by atoms with E-state index in [1.165, 1.54) is 0 Å². The molecule has 0 fully saturated rings. The molecule has 0 aliphatic heterocycles. The monoisotopic (exact) mass is 238 g/mol. The molecule has 0 saturated heterocycles. The molecule has 0 saturated carbocycles. The number of carbonyl (C=O) groups is 2. The predicted octanol–water partition coefficient (Wildman–Crippen LogP) is 0.682. The van der Waals surface area contributed by atoms with Crippen molar-refractivity contribution in [2.45, 2.75) is 33.1 Å². The van der Waals surface area contributed by atoms with Gasteiger partial charge in [-0.25, -0.2) is 4.98 Å². The summed E-state index contributed by atoms with van der Waals surface area (Å²) < 4.78 is 0. The van der Waals surface area contributed by atoms with Gasteiger partial charge in [0.2, 0.25) is 11.9 Å². The normalized spacial score (nSPS) is 10.0. The van der Waals surface area contributed by atoms with Crippen LogP contribution in [0.3, 0.4) is 0 Å². The molecule has 0 aliphatic carbocycles. The lowest BCUT2D eigenvalue weighted by atomic mass is 10.2. The highest BCUT2D eigenvalue weighted by molar-refractivity contribution is 5.89. The van der Waals surface area contributed by atoms with Gasteiger partial charge in [-0.1, -0.05) is 0 Å². The quantitative estimate of drug-likeness (QED) is 0.781. The van der Waals surface area contributed by atoms with Crippen molar-refractivity contribution in [1.82, 2.24) is 15.2 Å². The van der Waals surface area contributed by atoms with Crippen molar-refractivity contribution in [3.05, 3.63) is 11.4 Å². The van der Waals surface area contributed by atoms with Crippen LogP contribution < -0.4 is 5.32 Å². The number of hydrogen-bond donors (Lipinski definition) is 2. The number of rotatable bonds is 5. The first-order valence-corrected chi connectivity index (χ1v) is 5.18. The molecule has 0 bridgehead atoms. The molecule has 0 spiro atoms. The number of carboxylic acids is 1. The van der Waals surface area contributed by atoms with Crippen molar-refractivity contribution in [1.29, 1.82) is 0 Å². The Kier molecular flexibility index (Phi) is 4.50. The maximum absolute atomic E-state index is 11.4. The zero-order valence-electron chi connectivity index (χ0n) is 9.73. The Hall–Kier alpha value is -2.05. The summed E-state index contributed by atoms with van der Waals surface area (Å²) in [6.07, 6.45) is 0.390. The molecule has 7 heteroatoms. The number of amides is 1. The minimum atomic E-state index is -0.915. The number of carboxylic acid groups (broad SMARTS) is 1. The van der Waals surface area contributed by atoms with Gasteiger partial charge in [0.1, 0.15) is 0 Å². The summed E-state index contributed by atoms with van der Waals surface area (Å²) in [7, 11) is 0. The highest BCUT2D eigenvalue weighted by Crippen LogP contribution is 2.03. The molecule has 7 nitrogen and oxygen atoms in total. The second-order valence-corrected chi connectivity index (χ2v) is 3.60. The fraction of sp³-hybridized carbons (Fsp3) is 0.500. The third-order valence-electron chi connectivity index (χ3n) is 2.14. The van der Waals surface area contributed by atoms with Crippen molar-refractivity contribution in [2.24, 2.45) is 0 Å². The largest absolute Gasteiger partial charge is 0.481 e. The molecular weight excluding hydrogens is 224 g/mol. The van der Waals surface area contributed by atoms with E-state index in [4.69, 9.17) is 5.11 Å². The first kappa shape index (κ1) is 13.0. The molecule has 1 aromatic heterocycles. The first-order valence-electron chi connectivity index (χ1n) is 5.18. The van der Waals surface area contributed by atoms with E-state index in [1.54, 1.807) is 13.8 Å². The van der Waals surface area contributed by atoms with E-state index in [2.05, 4.69) is 20.5 Å². The number of carbonyl (C=O) groups excluding carboxylic acids is 1. The zero-order valence-corrected chi connectivity index (χ0v) is 9.73. The van der Waals surface area contributed by atoms with E-state index in [9.17, 15) is 9.59 Å². The summed E-state index contributed by atoms with van der Waals surface area (Å²) in [5.74, 6) is -1.08. The Labute approximate surface area is 98.3 Å². The van der Waals surface area contributed by atoms with E-state index >= 15 is 0 Å². The average Bonchev–Trinajstić information content (AvgIpc) is 2.23. The van der Waals surface area contributed by atoms with Crippen molar-refractivity contribution >= 4 is 17.8 Å². The minimum absolute atomic E-state index is 0.0283. The van der Waals surface area contributed by atoms with Crippen LogP contribution in [-0.4, -0.2) is 32.2 Å². The maximum Gasteiger partial charge on any atom is 0.303 e. The van der Waals surface area contributed by atoms with Crippen LogP contribution in [0.15, 0.2) is 0 Å². The van der Waals surface area contributed by atoms with Gasteiger partial charge in [-0.2, -0.15) is 5.10 Å². The number of anilines is 1. The van der Waals surface area contributed by atoms with E-state index < -0.39 is 5.97 Å². The van der Waals surface area contributed by atoms with Gasteiger partial charge in [-0.3, -0.25) is 14.9 Å². The molecule has 2 N–H and O–H groups in total. The average molecular weight is 238 g/mol. The van der Waals surface area contributed by atoms with Crippen LogP contribution in [0.25, 0.3) is 0 Å². The molecule has 0 aliphatic rings. The van der Waals surface area contributed by atoms with Gasteiger partial charge in [0, 0.05) is 12.8 Å². The summed E-state index contributed by atoms with van der Waals surface area (Å²) >= 11 is 0. The standard InChI is InChI=1S/C10H14N4O3/c1-6-7(2)13-14-10(11-6)12-8(15)4-3-5-9(16)17/h3-5H2,1-2H3,(H,16,17)(H,11,12,14,15). The third kappa shape index (κ3) is 4.54. The van der Waals surface area contributed by atoms with Crippen LogP contribution >= 0.6 is 0 Å². The van der Waals surface area contributed by atoms with E-state index in [0.717, 1.165) is 0 Å².